The third-order valence-electron chi connectivity index (χ3n) is 2.66. The van der Waals surface area contributed by atoms with Crippen LogP contribution in [-0.4, -0.2) is 6.54 Å². The SMILES string of the molecule is C=C(C)CCNC(C)c1ccccc1C. The summed E-state index contributed by atoms with van der Waals surface area (Å²) >= 11 is 0. The molecule has 1 rings (SSSR count). The summed E-state index contributed by atoms with van der Waals surface area (Å²) in [5, 5.41) is 3.51. The maximum Gasteiger partial charge on any atom is 0.0294 e. The van der Waals surface area contributed by atoms with Crippen LogP contribution in [0.1, 0.15) is 37.4 Å². The molecule has 0 aromatic heterocycles. The highest BCUT2D eigenvalue weighted by Crippen LogP contribution is 2.16. The van der Waals surface area contributed by atoms with Gasteiger partial charge in [0.2, 0.25) is 0 Å². The van der Waals surface area contributed by atoms with E-state index >= 15 is 0 Å². The second-order valence-electron chi connectivity index (χ2n) is 4.24. The summed E-state index contributed by atoms with van der Waals surface area (Å²) in [6, 6.07) is 8.95. The normalized spacial score (nSPS) is 12.5. The van der Waals surface area contributed by atoms with Crippen molar-refractivity contribution in [1.29, 1.82) is 0 Å². The summed E-state index contributed by atoms with van der Waals surface area (Å²) in [6.07, 6.45) is 1.05. The monoisotopic (exact) mass is 203 g/mol. The Balaban J connectivity index is 2.50. The molecule has 0 fully saturated rings. The maximum absolute atomic E-state index is 3.90. The highest BCUT2D eigenvalue weighted by Gasteiger charge is 2.05. The first-order valence-electron chi connectivity index (χ1n) is 5.54. The van der Waals surface area contributed by atoms with Gasteiger partial charge in [0.05, 0.1) is 0 Å². The van der Waals surface area contributed by atoms with Crippen LogP contribution in [0, 0.1) is 6.92 Å². The predicted molar refractivity (Wildman–Crippen MR) is 67.0 cm³/mol. The number of hydrogen-bond acceptors (Lipinski definition) is 1. The van der Waals surface area contributed by atoms with Crippen LogP contribution in [0.3, 0.4) is 0 Å². The van der Waals surface area contributed by atoms with Gasteiger partial charge >= 0.3 is 0 Å². The van der Waals surface area contributed by atoms with Crippen LogP contribution in [-0.2, 0) is 0 Å². The van der Waals surface area contributed by atoms with Crippen molar-refractivity contribution in [2.24, 2.45) is 0 Å². The molecule has 1 heteroatoms. The fraction of sp³-hybridized carbons (Fsp3) is 0.429. The molecule has 0 saturated heterocycles. The Morgan fingerprint density at radius 3 is 2.67 bits per heavy atom. The molecule has 0 aliphatic carbocycles. The van der Waals surface area contributed by atoms with Gasteiger partial charge in [0.15, 0.2) is 0 Å². The molecule has 1 atom stereocenters. The Morgan fingerprint density at radius 1 is 1.40 bits per heavy atom. The molecular weight excluding hydrogens is 182 g/mol. The van der Waals surface area contributed by atoms with Crippen LogP contribution >= 0.6 is 0 Å². The van der Waals surface area contributed by atoms with E-state index in [2.05, 4.69) is 56.9 Å². The number of benzene rings is 1. The van der Waals surface area contributed by atoms with Gasteiger partial charge in [-0.3, -0.25) is 0 Å². The van der Waals surface area contributed by atoms with Crippen molar-refractivity contribution < 1.29 is 0 Å². The van der Waals surface area contributed by atoms with Crippen LogP contribution in [0.5, 0.6) is 0 Å². The van der Waals surface area contributed by atoms with Crippen molar-refractivity contribution in [3.05, 3.63) is 47.5 Å². The van der Waals surface area contributed by atoms with Gasteiger partial charge in [-0.05, 0) is 44.9 Å². The van der Waals surface area contributed by atoms with E-state index in [9.17, 15) is 0 Å². The fourth-order valence-electron chi connectivity index (χ4n) is 1.68. The molecule has 0 heterocycles. The summed E-state index contributed by atoms with van der Waals surface area (Å²) in [5.74, 6) is 0. The van der Waals surface area contributed by atoms with Gasteiger partial charge in [-0.15, -0.1) is 6.58 Å². The Hall–Kier alpha value is -1.08. The molecule has 0 saturated carbocycles. The highest BCUT2D eigenvalue weighted by molar-refractivity contribution is 5.28. The molecule has 0 spiro atoms. The summed E-state index contributed by atoms with van der Waals surface area (Å²) in [5.41, 5.74) is 3.98. The molecule has 15 heavy (non-hydrogen) atoms. The molecule has 0 aliphatic rings. The number of hydrogen-bond donors (Lipinski definition) is 1. The third-order valence-corrected chi connectivity index (χ3v) is 2.66. The van der Waals surface area contributed by atoms with Gasteiger partial charge in [-0.25, -0.2) is 0 Å². The molecule has 1 nitrogen and oxygen atoms in total. The fourth-order valence-corrected chi connectivity index (χ4v) is 1.68. The molecule has 1 unspecified atom stereocenters. The lowest BCUT2D eigenvalue weighted by molar-refractivity contribution is 0.573. The minimum atomic E-state index is 0.422. The minimum Gasteiger partial charge on any atom is -0.310 e. The van der Waals surface area contributed by atoms with Crippen LogP contribution in [0.25, 0.3) is 0 Å². The molecule has 0 bridgehead atoms. The predicted octanol–water partition coefficient (Wildman–Crippen LogP) is 3.61. The van der Waals surface area contributed by atoms with E-state index in [4.69, 9.17) is 0 Å². The zero-order valence-electron chi connectivity index (χ0n) is 10.0. The van der Waals surface area contributed by atoms with Gasteiger partial charge < -0.3 is 5.32 Å². The molecule has 0 amide bonds. The standard InChI is InChI=1S/C14H21N/c1-11(2)9-10-15-13(4)14-8-6-5-7-12(14)3/h5-8,13,15H,1,9-10H2,2-4H3. The summed E-state index contributed by atoms with van der Waals surface area (Å²) in [6.45, 7) is 11.3. The topological polar surface area (TPSA) is 12.0 Å². The molecular formula is C14H21N. The van der Waals surface area contributed by atoms with E-state index in [0.717, 1.165) is 13.0 Å². The van der Waals surface area contributed by atoms with E-state index in [1.165, 1.54) is 16.7 Å². The Morgan fingerprint density at radius 2 is 2.07 bits per heavy atom. The van der Waals surface area contributed by atoms with Crippen molar-refractivity contribution >= 4 is 0 Å². The first-order valence-corrected chi connectivity index (χ1v) is 5.54. The molecule has 0 radical (unpaired) electrons. The van der Waals surface area contributed by atoms with Gasteiger partial charge in [0.1, 0.15) is 0 Å². The first kappa shape index (κ1) is 12.0. The lowest BCUT2D eigenvalue weighted by Gasteiger charge is -2.16. The van der Waals surface area contributed by atoms with Crippen molar-refractivity contribution in [1.82, 2.24) is 5.32 Å². The summed E-state index contributed by atoms with van der Waals surface area (Å²) in [4.78, 5) is 0. The lowest BCUT2D eigenvalue weighted by atomic mass is 10.0. The van der Waals surface area contributed by atoms with Gasteiger partial charge in [0.25, 0.3) is 0 Å². The maximum atomic E-state index is 3.90. The minimum absolute atomic E-state index is 0.422. The Kier molecular flexibility index (Phi) is 4.57. The summed E-state index contributed by atoms with van der Waals surface area (Å²) < 4.78 is 0. The van der Waals surface area contributed by atoms with E-state index in [1.54, 1.807) is 0 Å². The lowest BCUT2D eigenvalue weighted by Crippen LogP contribution is -2.20. The van der Waals surface area contributed by atoms with E-state index in [1.807, 2.05) is 0 Å². The molecule has 0 aliphatic heterocycles. The van der Waals surface area contributed by atoms with Crippen LogP contribution in [0.2, 0.25) is 0 Å². The third kappa shape index (κ3) is 3.88. The van der Waals surface area contributed by atoms with Crippen molar-refractivity contribution in [2.45, 2.75) is 33.2 Å². The van der Waals surface area contributed by atoms with Crippen LogP contribution in [0.4, 0.5) is 0 Å². The second kappa shape index (κ2) is 5.72. The van der Waals surface area contributed by atoms with Gasteiger partial charge in [-0.1, -0.05) is 29.8 Å². The first-order chi connectivity index (χ1) is 7.11. The average Bonchev–Trinajstić information content (AvgIpc) is 2.17. The average molecular weight is 203 g/mol. The molecule has 82 valence electrons. The zero-order chi connectivity index (χ0) is 11.3. The zero-order valence-corrected chi connectivity index (χ0v) is 10.0. The molecule has 1 aromatic rings. The van der Waals surface area contributed by atoms with E-state index < -0.39 is 0 Å². The number of nitrogens with one attached hydrogen (secondary N) is 1. The van der Waals surface area contributed by atoms with Crippen molar-refractivity contribution in [3.63, 3.8) is 0 Å². The molecule has 1 aromatic carbocycles. The Labute approximate surface area is 93.2 Å². The largest absolute Gasteiger partial charge is 0.310 e. The van der Waals surface area contributed by atoms with Gasteiger partial charge in [0, 0.05) is 6.04 Å². The quantitative estimate of drug-likeness (QED) is 0.721. The smallest absolute Gasteiger partial charge is 0.0294 e. The van der Waals surface area contributed by atoms with Crippen LogP contribution < -0.4 is 5.32 Å². The van der Waals surface area contributed by atoms with Gasteiger partial charge in [-0.2, -0.15) is 0 Å². The van der Waals surface area contributed by atoms with Crippen molar-refractivity contribution in [2.75, 3.05) is 6.54 Å². The Bertz CT molecular complexity index is 328. The highest BCUT2D eigenvalue weighted by atomic mass is 14.9. The van der Waals surface area contributed by atoms with E-state index in [-0.39, 0.29) is 0 Å². The summed E-state index contributed by atoms with van der Waals surface area (Å²) in [7, 11) is 0. The molecule has 1 N–H and O–H groups in total. The number of aryl methyl sites for hydroxylation is 1. The number of rotatable bonds is 5. The van der Waals surface area contributed by atoms with Crippen LogP contribution in [0.15, 0.2) is 36.4 Å². The van der Waals surface area contributed by atoms with Crippen molar-refractivity contribution in [3.8, 4) is 0 Å². The van der Waals surface area contributed by atoms with E-state index in [0.29, 0.717) is 6.04 Å². The second-order valence-corrected chi connectivity index (χ2v) is 4.24.